The summed E-state index contributed by atoms with van der Waals surface area (Å²) in [6.45, 7) is 2.54. The van der Waals surface area contributed by atoms with Crippen molar-refractivity contribution in [3.63, 3.8) is 0 Å². The van der Waals surface area contributed by atoms with E-state index in [1.54, 1.807) is 9.15 Å². The van der Waals surface area contributed by atoms with Crippen molar-refractivity contribution >= 4 is 28.6 Å². The molecule has 0 spiro atoms. The second kappa shape index (κ2) is 6.49. The first-order valence-corrected chi connectivity index (χ1v) is 6.61. The standard InChI is InChI=1S/C14H14IN2O/c1-12(14-9-5-6-10-16-14)17(15)18-11-13-7-3-2-4-8-13/h2-10H,11H2,1H3/q+1. The lowest BCUT2D eigenvalue weighted by molar-refractivity contribution is -0.635. The van der Waals surface area contributed by atoms with Crippen LogP contribution in [-0.2, 0) is 11.4 Å². The lowest BCUT2D eigenvalue weighted by atomic mass is 10.2. The second-order valence-electron chi connectivity index (χ2n) is 3.80. The highest BCUT2D eigenvalue weighted by Crippen LogP contribution is 2.06. The van der Waals surface area contributed by atoms with E-state index < -0.39 is 0 Å². The molecule has 18 heavy (non-hydrogen) atoms. The fourth-order valence-corrected chi connectivity index (χ4v) is 1.86. The third-order valence-corrected chi connectivity index (χ3v) is 3.49. The van der Waals surface area contributed by atoms with Gasteiger partial charge in [-0.05, 0) is 17.7 Å². The Morgan fingerprint density at radius 1 is 1.17 bits per heavy atom. The quantitative estimate of drug-likeness (QED) is 0.364. The number of hydrogen-bond acceptors (Lipinski definition) is 2. The third-order valence-electron chi connectivity index (χ3n) is 2.49. The Morgan fingerprint density at radius 3 is 2.56 bits per heavy atom. The monoisotopic (exact) mass is 353 g/mol. The SMILES string of the molecule is CC(c1ccccn1)=[N+](I)OCc1ccccc1. The summed E-state index contributed by atoms with van der Waals surface area (Å²) in [4.78, 5) is 9.98. The molecule has 0 saturated carbocycles. The molecule has 0 atom stereocenters. The molecule has 2 rings (SSSR count). The van der Waals surface area contributed by atoms with Crippen molar-refractivity contribution in [2.75, 3.05) is 0 Å². The molecule has 0 saturated heterocycles. The Balaban J connectivity index is 2.05. The van der Waals surface area contributed by atoms with Gasteiger partial charge in [-0.15, -0.1) is 0 Å². The molecule has 1 aromatic carbocycles. The molecule has 0 aliphatic carbocycles. The molecule has 1 aromatic heterocycles. The van der Waals surface area contributed by atoms with Crippen LogP contribution in [0.2, 0.25) is 0 Å². The molecule has 4 heteroatoms. The first-order chi connectivity index (χ1) is 8.77. The van der Waals surface area contributed by atoms with Gasteiger partial charge in [0.15, 0.2) is 6.61 Å². The average molecular weight is 353 g/mol. The van der Waals surface area contributed by atoms with Crippen LogP contribution >= 0.6 is 22.9 Å². The smallest absolute Gasteiger partial charge is 0.263 e. The van der Waals surface area contributed by atoms with E-state index in [1.807, 2.05) is 55.5 Å². The van der Waals surface area contributed by atoms with Crippen LogP contribution in [0.3, 0.4) is 0 Å². The van der Waals surface area contributed by atoms with Gasteiger partial charge in [0, 0.05) is 16.1 Å². The van der Waals surface area contributed by atoms with Gasteiger partial charge >= 0.3 is 22.9 Å². The Kier molecular flexibility index (Phi) is 4.69. The van der Waals surface area contributed by atoms with Crippen LogP contribution < -0.4 is 0 Å². The molecule has 0 bridgehead atoms. The summed E-state index contributed by atoms with van der Waals surface area (Å²) >= 11 is 2.13. The van der Waals surface area contributed by atoms with Crippen molar-refractivity contribution in [1.82, 2.24) is 4.98 Å². The lowest BCUT2D eigenvalue weighted by Gasteiger charge is -2.00. The van der Waals surface area contributed by atoms with Gasteiger partial charge in [0.25, 0.3) is 5.71 Å². The molecule has 0 fully saturated rings. The molecule has 0 unspecified atom stereocenters. The molecule has 0 N–H and O–H groups in total. The highest BCUT2D eigenvalue weighted by atomic mass is 127. The lowest BCUT2D eigenvalue weighted by Crippen LogP contribution is -2.12. The normalized spacial score (nSPS) is 11.9. The van der Waals surface area contributed by atoms with Gasteiger partial charge in [-0.3, -0.25) is 9.82 Å². The van der Waals surface area contributed by atoms with E-state index in [1.165, 1.54) is 0 Å². The van der Waals surface area contributed by atoms with E-state index in [0.29, 0.717) is 6.61 Å². The van der Waals surface area contributed by atoms with Crippen LogP contribution in [0.4, 0.5) is 0 Å². The summed E-state index contributed by atoms with van der Waals surface area (Å²) in [5, 5.41) is 0. The minimum absolute atomic E-state index is 0.550. The summed E-state index contributed by atoms with van der Waals surface area (Å²) in [6.07, 6.45) is 1.78. The number of halogens is 1. The minimum atomic E-state index is 0.550. The number of aromatic nitrogens is 1. The predicted octanol–water partition coefficient (Wildman–Crippen LogP) is 3.38. The first kappa shape index (κ1) is 13.0. The predicted molar refractivity (Wildman–Crippen MR) is 79.5 cm³/mol. The number of rotatable bonds is 4. The van der Waals surface area contributed by atoms with Gasteiger partial charge in [-0.1, -0.05) is 36.4 Å². The van der Waals surface area contributed by atoms with E-state index in [9.17, 15) is 0 Å². The molecular formula is C14H14IN2O+. The topological polar surface area (TPSA) is 25.1 Å². The van der Waals surface area contributed by atoms with Gasteiger partial charge in [0.2, 0.25) is 0 Å². The maximum atomic E-state index is 5.69. The summed E-state index contributed by atoms with van der Waals surface area (Å²) in [6, 6.07) is 15.9. The molecule has 1 heterocycles. The highest BCUT2D eigenvalue weighted by Gasteiger charge is 2.13. The Labute approximate surface area is 121 Å². The minimum Gasteiger partial charge on any atom is -0.263 e. The molecule has 0 aliphatic rings. The number of pyridine rings is 1. The zero-order valence-corrected chi connectivity index (χ0v) is 12.2. The van der Waals surface area contributed by atoms with Gasteiger partial charge in [-0.25, -0.2) is 0 Å². The van der Waals surface area contributed by atoms with Crippen molar-refractivity contribution in [1.29, 1.82) is 0 Å². The van der Waals surface area contributed by atoms with Crippen LogP contribution in [0.25, 0.3) is 0 Å². The number of nitrogens with zero attached hydrogens (tertiary/aromatic N) is 2. The maximum absolute atomic E-state index is 5.69. The van der Waals surface area contributed by atoms with Crippen LogP contribution in [0.1, 0.15) is 18.2 Å². The second-order valence-corrected chi connectivity index (χ2v) is 4.68. The fourth-order valence-electron chi connectivity index (χ4n) is 1.47. The van der Waals surface area contributed by atoms with E-state index >= 15 is 0 Å². The van der Waals surface area contributed by atoms with Crippen LogP contribution in [-0.4, -0.2) is 13.6 Å². The van der Waals surface area contributed by atoms with E-state index in [2.05, 4.69) is 27.8 Å². The molecule has 0 aliphatic heterocycles. The molecule has 92 valence electrons. The van der Waals surface area contributed by atoms with Gasteiger partial charge < -0.3 is 0 Å². The zero-order valence-electron chi connectivity index (χ0n) is 10.1. The Bertz CT molecular complexity index is 526. The highest BCUT2D eigenvalue weighted by molar-refractivity contribution is 14.1. The van der Waals surface area contributed by atoms with Crippen molar-refractivity contribution in [3.8, 4) is 0 Å². The van der Waals surface area contributed by atoms with E-state index in [0.717, 1.165) is 17.0 Å². The Hall–Kier alpha value is -1.43. The third kappa shape index (κ3) is 3.53. The summed E-state index contributed by atoms with van der Waals surface area (Å²) < 4.78 is 1.73. The number of benzene rings is 1. The van der Waals surface area contributed by atoms with Crippen molar-refractivity contribution < 1.29 is 7.79 Å². The van der Waals surface area contributed by atoms with Gasteiger partial charge in [0.05, 0.1) is 0 Å². The molecule has 0 amide bonds. The first-order valence-electron chi connectivity index (χ1n) is 5.65. The van der Waals surface area contributed by atoms with Crippen LogP contribution in [0, 0.1) is 0 Å². The van der Waals surface area contributed by atoms with Gasteiger partial charge in [0.1, 0.15) is 5.69 Å². The van der Waals surface area contributed by atoms with Crippen LogP contribution in [0.15, 0.2) is 54.7 Å². The van der Waals surface area contributed by atoms with Crippen molar-refractivity contribution in [3.05, 3.63) is 66.0 Å². The van der Waals surface area contributed by atoms with Crippen molar-refractivity contribution in [2.24, 2.45) is 0 Å². The average Bonchev–Trinajstić information content (AvgIpc) is 2.46. The largest absolute Gasteiger partial charge is 0.407 e. The van der Waals surface area contributed by atoms with E-state index in [4.69, 9.17) is 4.84 Å². The van der Waals surface area contributed by atoms with Crippen molar-refractivity contribution in [2.45, 2.75) is 13.5 Å². The maximum Gasteiger partial charge on any atom is 0.407 e. The number of hydrogen-bond donors (Lipinski definition) is 0. The zero-order chi connectivity index (χ0) is 12.8. The Morgan fingerprint density at radius 2 is 1.89 bits per heavy atom. The molecular weight excluding hydrogens is 339 g/mol. The summed E-state index contributed by atoms with van der Waals surface area (Å²) in [5.74, 6) is 0. The summed E-state index contributed by atoms with van der Waals surface area (Å²) in [7, 11) is 0. The molecule has 0 radical (unpaired) electrons. The fraction of sp³-hybridized carbons (Fsp3) is 0.143. The van der Waals surface area contributed by atoms with E-state index in [-0.39, 0.29) is 0 Å². The summed E-state index contributed by atoms with van der Waals surface area (Å²) in [5.41, 5.74) is 3.04. The van der Waals surface area contributed by atoms with Gasteiger partial charge in [-0.2, -0.15) is 0 Å². The molecule has 3 nitrogen and oxygen atoms in total. The van der Waals surface area contributed by atoms with Crippen LogP contribution in [0.5, 0.6) is 0 Å². The molecule has 2 aromatic rings.